The van der Waals surface area contributed by atoms with Gasteiger partial charge in [-0.2, -0.15) is 13.0 Å². The van der Waals surface area contributed by atoms with Crippen molar-refractivity contribution < 1.29 is 105 Å². The third-order valence-electron chi connectivity index (χ3n) is 10.1. The minimum atomic E-state index is -1.62. The van der Waals surface area contributed by atoms with Crippen LogP contribution in [0.1, 0.15) is 68.1 Å². The quantitative estimate of drug-likeness (QED) is 0.304. The summed E-state index contributed by atoms with van der Waals surface area (Å²) in [5.41, 5.74) is 2.44. The van der Waals surface area contributed by atoms with Gasteiger partial charge in [0, 0.05) is 115 Å². The van der Waals surface area contributed by atoms with Gasteiger partial charge in [0.25, 0.3) is 5.78 Å². The van der Waals surface area contributed by atoms with Crippen molar-refractivity contribution >= 4 is 11.7 Å². The number of phenols is 1. The molecule has 47 heavy (non-hydrogen) atoms. The Labute approximate surface area is 330 Å². The van der Waals surface area contributed by atoms with Gasteiger partial charge in [-0.25, -0.2) is 0 Å². The van der Waals surface area contributed by atoms with Gasteiger partial charge in [0.1, 0.15) is 17.4 Å². The number of fused-ring (bicyclic) bond motifs is 14. The van der Waals surface area contributed by atoms with E-state index in [0.717, 1.165) is 5.56 Å². The molecule has 0 aromatic heterocycles. The number of nitrogens with one attached hydrogen (secondary N) is 1. The van der Waals surface area contributed by atoms with Gasteiger partial charge in [-0.05, 0) is 55.6 Å². The fourth-order valence-corrected chi connectivity index (χ4v) is 6.82. The molecule has 3 aliphatic heterocycles. The van der Waals surface area contributed by atoms with Crippen molar-refractivity contribution in [3.05, 3.63) is 72.2 Å². The fourth-order valence-electron chi connectivity index (χ4n) is 6.82. The molecule has 1 aromatic rings. The maximum Gasteiger partial charge on any atom is 0.312 e. The van der Waals surface area contributed by atoms with Gasteiger partial charge in [-0.3, -0.25) is 4.79 Å². The van der Waals surface area contributed by atoms with Crippen molar-refractivity contribution in [2.24, 2.45) is 29.6 Å². The number of Topliss-reactive ketones (excluding diaryl/α,β-unsaturated/α-hetero) is 1. The summed E-state index contributed by atoms with van der Waals surface area (Å²) in [6, 6.07) is -0.272. The molecule has 4 N–H and O–H groups in total. The summed E-state index contributed by atoms with van der Waals surface area (Å²) < 4.78 is 17.9. The summed E-state index contributed by atoms with van der Waals surface area (Å²) in [6.45, 7) is 19.0. The number of rotatable bonds is 1. The molecular formula is C36H49NO8Y2-2. The average molecular weight is 802 g/mol. The maximum atomic E-state index is 13.8. The first kappa shape index (κ1) is 42.1. The number of aromatic hydroxyl groups is 1. The summed E-state index contributed by atoms with van der Waals surface area (Å²) in [7, 11) is 1.59. The number of aliphatic hydroxyl groups is 2. The number of benzene rings is 1. The third kappa shape index (κ3) is 8.64. The van der Waals surface area contributed by atoms with Crippen LogP contribution in [0.25, 0.3) is 0 Å². The second-order valence-corrected chi connectivity index (χ2v) is 13.2. The predicted octanol–water partition coefficient (Wildman–Crippen LogP) is 4.55. The van der Waals surface area contributed by atoms with E-state index >= 15 is 0 Å². The first-order valence-corrected chi connectivity index (χ1v) is 15.8. The van der Waals surface area contributed by atoms with Crippen LogP contribution in [0, 0.1) is 50.4 Å². The number of ketones is 1. The summed E-state index contributed by atoms with van der Waals surface area (Å²) in [6.07, 6.45) is 7.38. The van der Waals surface area contributed by atoms with Crippen LogP contribution in [0.5, 0.6) is 11.5 Å². The number of phenolic OH excluding ortho intramolecular Hbond substituents is 1. The Morgan fingerprint density at radius 1 is 1.02 bits per heavy atom. The van der Waals surface area contributed by atoms with Gasteiger partial charge in [-0.1, -0.05) is 33.8 Å². The molecule has 1 unspecified atom stereocenters. The molecule has 1 aliphatic carbocycles. The molecule has 0 spiro atoms. The molecule has 4 aliphatic rings. The zero-order valence-electron chi connectivity index (χ0n) is 28.7. The largest absolute Gasteiger partial charge is 0.507 e. The topological polar surface area (TPSA) is 135 Å². The van der Waals surface area contributed by atoms with Crippen LogP contribution in [0.2, 0.25) is 0 Å². The van der Waals surface area contributed by atoms with Crippen molar-refractivity contribution in [1.29, 1.82) is 0 Å². The molecule has 1 amide bonds. The summed E-state index contributed by atoms with van der Waals surface area (Å²) in [4.78, 5) is 26.8. The van der Waals surface area contributed by atoms with E-state index in [9.17, 15) is 24.9 Å². The monoisotopic (exact) mass is 801 g/mol. The first-order chi connectivity index (χ1) is 21.1. The molecule has 5 bridgehead atoms. The molecule has 9 nitrogen and oxygen atoms in total. The molecule has 10 atom stereocenters. The molecule has 1 aromatic carbocycles. The van der Waals surface area contributed by atoms with E-state index in [4.69, 9.17) is 14.2 Å². The van der Waals surface area contributed by atoms with E-state index in [2.05, 4.69) is 19.2 Å². The second-order valence-electron chi connectivity index (χ2n) is 13.2. The van der Waals surface area contributed by atoms with E-state index in [0.29, 0.717) is 41.7 Å². The number of aliphatic hydroxyl groups excluding tert-OH is 2. The van der Waals surface area contributed by atoms with Gasteiger partial charge in [0.2, 0.25) is 0 Å². The molecule has 2 radical (unpaired) electrons. The number of allylic oxidation sites excluding steroid dienone is 3. The Kier molecular flexibility index (Phi) is 15.4. The zero-order valence-corrected chi connectivity index (χ0v) is 34.3. The van der Waals surface area contributed by atoms with Crippen LogP contribution >= 0.6 is 0 Å². The number of carbonyl (C=O) groups is 2. The van der Waals surface area contributed by atoms with Crippen molar-refractivity contribution in [3.8, 4) is 11.5 Å². The van der Waals surface area contributed by atoms with Crippen LogP contribution in [0.3, 0.4) is 0 Å². The minimum Gasteiger partial charge on any atom is -0.507 e. The van der Waals surface area contributed by atoms with E-state index in [1.54, 1.807) is 39.2 Å². The van der Waals surface area contributed by atoms with Crippen molar-refractivity contribution in [3.63, 3.8) is 0 Å². The first-order valence-electron chi connectivity index (χ1n) is 15.8. The van der Waals surface area contributed by atoms with E-state index in [-0.39, 0.29) is 124 Å². The minimum absolute atomic E-state index is 0. The molecule has 0 fully saturated rings. The standard InChI is InChI=1S/C36H49NO8.2Y/c1-18-15-16-44-36(8)34(41)28-26-14-13-25(17-27(26)31(40)24(7)33(28)45-36)37-35(42)20(3)12-10-11-19(2)29(38)22(5)30(39)23(6)32(43-9)21(18)4;;/h10-12,15-16,18-19,21-23,25,29-30,32,38-40H,3,5,13-14,17H2,1-2,4,6-9H3,(H,37,42);;/q-2;;/b11-10+,16-15+,20-12-;;/t18-,19-,21+,22+,23+,25?,29-,30+,32+,36-;;/m0../s1. The number of carbonyl (C=O) groups excluding carboxylic acids is 2. The summed E-state index contributed by atoms with van der Waals surface area (Å²) in [5, 5.41) is 36.4. The van der Waals surface area contributed by atoms with Gasteiger partial charge >= 0.3 is 5.79 Å². The van der Waals surface area contributed by atoms with Crippen molar-refractivity contribution in [2.45, 2.75) is 90.9 Å². The Hall–Kier alpha value is -1.06. The normalized spacial score (nSPS) is 37.1. The molecule has 254 valence electrons. The van der Waals surface area contributed by atoms with Crippen LogP contribution in [-0.4, -0.2) is 64.3 Å². The number of hydrogen-bond acceptors (Lipinski definition) is 8. The second kappa shape index (κ2) is 17.2. The Morgan fingerprint density at radius 3 is 2.32 bits per heavy atom. The van der Waals surface area contributed by atoms with Crippen LogP contribution in [0.4, 0.5) is 0 Å². The van der Waals surface area contributed by atoms with E-state index < -0.39 is 23.9 Å². The maximum absolute atomic E-state index is 13.8. The fraction of sp³-hybridized carbons (Fsp3) is 0.556. The Balaban J connectivity index is 0.00000384. The molecule has 5 rings (SSSR count). The molecule has 0 saturated heterocycles. The van der Waals surface area contributed by atoms with Crippen molar-refractivity contribution in [2.75, 3.05) is 7.11 Å². The van der Waals surface area contributed by atoms with Gasteiger partial charge in [0.15, 0.2) is 0 Å². The smallest absolute Gasteiger partial charge is 0.312 e. The summed E-state index contributed by atoms with van der Waals surface area (Å²) >= 11 is 0. The SMILES string of the molecule is [CH2-]/C1=C/C=C/[C@H](C)[C@H](O)[C@@H]([CH2-])[C@@H](O)[C@@H](C)[C@H](OC)[C@H](C)[C@@H](C)/C=C/O[C@@]2(C)Oc3c(C)c(O)c4c(c3C2=O)CCC(C4)NC1=O.[Y].[Y]. The number of methoxy groups -OCH3 is 1. The number of amides is 1. The average Bonchev–Trinajstić information content (AvgIpc) is 3.28. The van der Waals surface area contributed by atoms with Crippen LogP contribution < -0.4 is 10.1 Å². The number of hydrogen-bond donors (Lipinski definition) is 4. The molecular weight excluding hydrogens is 752 g/mol. The van der Waals surface area contributed by atoms with Crippen molar-refractivity contribution in [1.82, 2.24) is 5.32 Å². The Morgan fingerprint density at radius 2 is 1.68 bits per heavy atom. The number of ether oxygens (including phenoxy) is 3. The predicted molar refractivity (Wildman–Crippen MR) is 171 cm³/mol. The third-order valence-corrected chi connectivity index (χ3v) is 10.1. The molecule has 11 heteroatoms. The summed E-state index contributed by atoms with van der Waals surface area (Å²) in [5.74, 6) is -3.53. The van der Waals surface area contributed by atoms with E-state index in [1.807, 2.05) is 33.8 Å². The van der Waals surface area contributed by atoms with Crippen LogP contribution in [-0.2, 0) is 92.5 Å². The van der Waals surface area contributed by atoms with Gasteiger partial charge in [-0.15, -0.1) is 17.6 Å². The molecule has 0 saturated carbocycles. The van der Waals surface area contributed by atoms with Crippen LogP contribution in [0.15, 0.2) is 36.1 Å². The van der Waals surface area contributed by atoms with Gasteiger partial charge in [0.05, 0.1) is 17.9 Å². The molecule has 3 heterocycles. The zero-order chi connectivity index (χ0) is 33.4. The van der Waals surface area contributed by atoms with E-state index in [1.165, 1.54) is 6.26 Å². The Bertz CT molecular complexity index is 1390. The van der Waals surface area contributed by atoms with Gasteiger partial charge < -0.3 is 46.6 Å².